The predicted molar refractivity (Wildman–Crippen MR) is 65.0 cm³/mol. The van der Waals surface area contributed by atoms with Gasteiger partial charge in [-0.15, -0.1) is 0 Å². The zero-order valence-electron chi connectivity index (χ0n) is 10.2. The number of rotatable bonds is 5. The molecule has 0 saturated heterocycles. The van der Waals surface area contributed by atoms with E-state index in [1.165, 1.54) is 0 Å². The Hall–Kier alpha value is -1.19. The molecule has 0 unspecified atom stereocenters. The smallest absolute Gasteiger partial charge is 0.148 e. The molecule has 86 valence electrons. The van der Waals surface area contributed by atoms with E-state index in [2.05, 4.69) is 31.2 Å². The molecule has 0 amide bonds. The Morgan fingerprint density at radius 2 is 2.13 bits per heavy atom. The van der Waals surface area contributed by atoms with Crippen molar-refractivity contribution < 1.29 is 0 Å². The maximum absolute atomic E-state index is 5.95. The lowest BCUT2D eigenvalue weighted by molar-refractivity contribution is 0.600. The van der Waals surface area contributed by atoms with Crippen LogP contribution in [0.1, 0.15) is 32.9 Å². The van der Waals surface area contributed by atoms with Crippen LogP contribution in [0.2, 0.25) is 0 Å². The highest BCUT2D eigenvalue weighted by Crippen LogP contribution is 2.22. The van der Waals surface area contributed by atoms with Gasteiger partial charge in [-0.2, -0.15) is 5.10 Å². The van der Waals surface area contributed by atoms with E-state index in [1.807, 2.05) is 11.6 Å². The second-order valence-electron chi connectivity index (χ2n) is 4.27. The second-order valence-corrected chi connectivity index (χ2v) is 4.27. The number of aromatic nitrogens is 2. The molecule has 0 atom stereocenters. The Morgan fingerprint density at radius 3 is 2.67 bits per heavy atom. The van der Waals surface area contributed by atoms with Gasteiger partial charge in [0.2, 0.25) is 0 Å². The molecule has 0 radical (unpaired) electrons. The van der Waals surface area contributed by atoms with Crippen molar-refractivity contribution in [3.05, 3.63) is 5.69 Å². The Morgan fingerprint density at radius 1 is 1.47 bits per heavy atom. The highest BCUT2D eigenvalue weighted by Gasteiger charge is 2.10. The molecule has 0 saturated carbocycles. The molecule has 3 N–H and O–H groups in total. The third-order valence-electron chi connectivity index (χ3n) is 2.49. The number of aryl methyl sites for hydroxylation is 2. The third-order valence-corrected chi connectivity index (χ3v) is 2.49. The fraction of sp³-hybridized carbons (Fsp3) is 0.727. The van der Waals surface area contributed by atoms with Crippen molar-refractivity contribution >= 4 is 11.5 Å². The fourth-order valence-corrected chi connectivity index (χ4v) is 1.49. The Balaban J connectivity index is 2.66. The van der Waals surface area contributed by atoms with E-state index in [4.69, 9.17) is 5.73 Å². The standard InChI is InChI=1S/C11H22N4/c1-5-15-11(10(12)9(4)14-15)13-7-6-8(2)3/h8,13H,5-7,12H2,1-4H3. The van der Waals surface area contributed by atoms with Gasteiger partial charge in [-0.25, -0.2) is 4.68 Å². The lowest BCUT2D eigenvalue weighted by Crippen LogP contribution is -2.11. The van der Waals surface area contributed by atoms with Crippen LogP contribution in [-0.4, -0.2) is 16.3 Å². The number of hydrogen-bond donors (Lipinski definition) is 2. The minimum absolute atomic E-state index is 0.706. The van der Waals surface area contributed by atoms with E-state index in [1.54, 1.807) is 0 Å². The van der Waals surface area contributed by atoms with Gasteiger partial charge in [0.1, 0.15) is 5.82 Å². The molecular formula is C11H22N4. The summed E-state index contributed by atoms with van der Waals surface area (Å²) in [5.74, 6) is 1.67. The molecule has 0 bridgehead atoms. The Bertz CT molecular complexity index is 315. The molecule has 15 heavy (non-hydrogen) atoms. The molecule has 0 aromatic carbocycles. The first-order valence-electron chi connectivity index (χ1n) is 5.63. The van der Waals surface area contributed by atoms with Crippen LogP contribution in [0.4, 0.5) is 11.5 Å². The molecule has 4 heteroatoms. The minimum atomic E-state index is 0.706. The Labute approximate surface area is 91.8 Å². The average Bonchev–Trinajstić information content (AvgIpc) is 2.44. The topological polar surface area (TPSA) is 55.9 Å². The molecule has 0 aliphatic carbocycles. The lowest BCUT2D eigenvalue weighted by atomic mass is 10.1. The third kappa shape index (κ3) is 2.88. The maximum atomic E-state index is 5.95. The molecule has 1 aromatic heterocycles. The Kier molecular flexibility index (Phi) is 4.00. The lowest BCUT2D eigenvalue weighted by Gasteiger charge is -2.10. The molecule has 0 fully saturated rings. The van der Waals surface area contributed by atoms with Crippen LogP contribution in [0, 0.1) is 12.8 Å². The summed E-state index contributed by atoms with van der Waals surface area (Å²) >= 11 is 0. The SMILES string of the molecule is CCn1nc(C)c(N)c1NCCC(C)C. The summed E-state index contributed by atoms with van der Waals surface area (Å²) in [6, 6.07) is 0. The van der Waals surface area contributed by atoms with E-state index in [-0.39, 0.29) is 0 Å². The van der Waals surface area contributed by atoms with Crippen molar-refractivity contribution in [2.24, 2.45) is 5.92 Å². The maximum Gasteiger partial charge on any atom is 0.148 e. The van der Waals surface area contributed by atoms with Gasteiger partial charge >= 0.3 is 0 Å². The zero-order valence-corrected chi connectivity index (χ0v) is 10.2. The monoisotopic (exact) mass is 210 g/mol. The summed E-state index contributed by atoms with van der Waals surface area (Å²) in [4.78, 5) is 0. The summed E-state index contributed by atoms with van der Waals surface area (Å²) in [7, 11) is 0. The molecule has 1 heterocycles. The summed E-state index contributed by atoms with van der Waals surface area (Å²) < 4.78 is 1.92. The number of nitrogens with two attached hydrogens (primary N) is 1. The van der Waals surface area contributed by atoms with Gasteiger partial charge < -0.3 is 11.1 Å². The van der Waals surface area contributed by atoms with Crippen LogP contribution in [0.15, 0.2) is 0 Å². The van der Waals surface area contributed by atoms with Crippen LogP contribution in [0.5, 0.6) is 0 Å². The van der Waals surface area contributed by atoms with Crippen LogP contribution in [0.3, 0.4) is 0 Å². The summed E-state index contributed by atoms with van der Waals surface area (Å²) in [6.45, 7) is 10.2. The van der Waals surface area contributed by atoms with Gasteiger partial charge in [0.05, 0.1) is 11.4 Å². The van der Waals surface area contributed by atoms with E-state index in [9.17, 15) is 0 Å². The van der Waals surface area contributed by atoms with Crippen molar-refractivity contribution in [1.29, 1.82) is 0 Å². The van der Waals surface area contributed by atoms with Gasteiger partial charge in [0, 0.05) is 13.1 Å². The van der Waals surface area contributed by atoms with Crippen molar-refractivity contribution in [3.8, 4) is 0 Å². The molecule has 4 nitrogen and oxygen atoms in total. The first kappa shape index (κ1) is 11.9. The number of anilines is 2. The number of nitrogen functional groups attached to an aromatic ring is 1. The quantitative estimate of drug-likeness (QED) is 0.783. The van der Waals surface area contributed by atoms with Gasteiger partial charge in [-0.3, -0.25) is 0 Å². The van der Waals surface area contributed by atoms with Crippen molar-refractivity contribution in [2.45, 2.75) is 40.7 Å². The van der Waals surface area contributed by atoms with Crippen LogP contribution in [-0.2, 0) is 6.54 Å². The van der Waals surface area contributed by atoms with Crippen molar-refractivity contribution in [2.75, 3.05) is 17.6 Å². The summed E-state index contributed by atoms with van der Waals surface area (Å²) in [5.41, 5.74) is 7.63. The van der Waals surface area contributed by atoms with Gasteiger partial charge in [-0.05, 0) is 26.2 Å². The van der Waals surface area contributed by atoms with Crippen LogP contribution < -0.4 is 11.1 Å². The fourth-order valence-electron chi connectivity index (χ4n) is 1.49. The minimum Gasteiger partial charge on any atom is -0.394 e. The van der Waals surface area contributed by atoms with Gasteiger partial charge in [0.25, 0.3) is 0 Å². The molecule has 0 aliphatic heterocycles. The van der Waals surface area contributed by atoms with E-state index in [0.29, 0.717) is 5.92 Å². The molecule has 1 aromatic rings. The average molecular weight is 210 g/mol. The first-order valence-corrected chi connectivity index (χ1v) is 5.63. The highest BCUT2D eigenvalue weighted by atomic mass is 15.3. The first-order chi connectivity index (χ1) is 7.06. The van der Waals surface area contributed by atoms with E-state index in [0.717, 1.165) is 36.7 Å². The zero-order chi connectivity index (χ0) is 11.4. The summed E-state index contributed by atoms with van der Waals surface area (Å²) in [5, 5.41) is 7.72. The number of nitrogens with zero attached hydrogens (tertiary/aromatic N) is 2. The normalized spacial score (nSPS) is 11.0. The largest absolute Gasteiger partial charge is 0.394 e. The molecule has 1 rings (SSSR count). The van der Waals surface area contributed by atoms with Crippen molar-refractivity contribution in [1.82, 2.24) is 9.78 Å². The highest BCUT2D eigenvalue weighted by molar-refractivity contribution is 5.64. The van der Waals surface area contributed by atoms with Gasteiger partial charge in [0.15, 0.2) is 0 Å². The van der Waals surface area contributed by atoms with E-state index >= 15 is 0 Å². The van der Waals surface area contributed by atoms with E-state index < -0.39 is 0 Å². The summed E-state index contributed by atoms with van der Waals surface area (Å²) in [6.07, 6.45) is 1.15. The molecule has 0 aliphatic rings. The van der Waals surface area contributed by atoms with Crippen LogP contribution >= 0.6 is 0 Å². The molecule has 0 spiro atoms. The predicted octanol–water partition coefficient (Wildman–Crippen LogP) is 2.25. The second kappa shape index (κ2) is 5.05. The van der Waals surface area contributed by atoms with Gasteiger partial charge in [-0.1, -0.05) is 13.8 Å². The van der Waals surface area contributed by atoms with Crippen molar-refractivity contribution in [3.63, 3.8) is 0 Å². The van der Waals surface area contributed by atoms with Crippen LogP contribution in [0.25, 0.3) is 0 Å². The number of nitrogens with one attached hydrogen (secondary N) is 1. The molecular weight excluding hydrogens is 188 g/mol. The number of hydrogen-bond acceptors (Lipinski definition) is 3.